The quantitative estimate of drug-likeness (QED) is 0.274. The Kier molecular flexibility index (Phi) is 13.1. The first kappa shape index (κ1) is 39.5. The molecule has 14 unspecified atom stereocenters. The van der Waals surface area contributed by atoms with Crippen molar-refractivity contribution in [1.29, 1.82) is 0 Å². The lowest BCUT2D eigenvalue weighted by Gasteiger charge is -2.46. The fourth-order valence-electron chi connectivity index (χ4n) is 7.89. The van der Waals surface area contributed by atoms with Crippen molar-refractivity contribution >= 4 is 11.8 Å². The number of Topliss-reactive ketones (excluding diaryl/α,β-unsaturated/α-hetero) is 1. The zero-order valence-corrected chi connectivity index (χ0v) is 30.6. The summed E-state index contributed by atoms with van der Waals surface area (Å²) in [6.45, 7) is 14.6. The van der Waals surface area contributed by atoms with E-state index in [1.54, 1.807) is 34.6 Å². The summed E-state index contributed by atoms with van der Waals surface area (Å²) in [5.41, 5.74) is -1.10. The Hall–Kier alpha value is -1.26. The van der Waals surface area contributed by atoms with Gasteiger partial charge in [0.25, 0.3) is 0 Å². The van der Waals surface area contributed by atoms with Gasteiger partial charge in [-0.3, -0.25) is 9.59 Å². The highest BCUT2D eigenvalue weighted by Gasteiger charge is 2.57. The molecule has 4 aliphatic heterocycles. The van der Waals surface area contributed by atoms with Gasteiger partial charge in [-0.15, -0.1) is 0 Å². The lowest BCUT2D eigenvalue weighted by atomic mass is 9.76. The molecule has 18 atom stereocenters. The number of aliphatic hydroxyl groups is 3. The van der Waals surface area contributed by atoms with Gasteiger partial charge in [0.2, 0.25) is 0 Å². The van der Waals surface area contributed by atoms with Crippen LogP contribution in [0.3, 0.4) is 0 Å². The number of carbonyl (C=O) groups is 2. The number of ketones is 1. The summed E-state index contributed by atoms with van der Waals surface area (Å²) in [7, 11) is 5.32. The molecule has 1 spiro atoms. The van der Waals surface area contributed by atoms with Crippen molar-refractivity contribution in [1.82, 2.24) is 4.90 Å². The number of ether oxygens (including phenoxy) is 7. The normalized spacial score (nSPS) is 49.9. The van der Waals surface area contributed by atoms with E-state index in [0.29, 0.717) is 6.42 Å². The highest BCUT2D eigenvalue weighted by Crippen LogP contribution is 2.43. The molecule has 4 aliphatic rings. The number of hydrogen-bond donors (Lipinski definition) is 3. The molecule has 278 valence electrons. The largest absolute Gasteiger partial charge is 0.462 e. The Morgan fingerprint density at radius 3 is 2.02 bits per heavy atom. The fraction of sp³-hybridized carbons (Fsp3) is 0.943. The molecule has 0 radical (unpaired) electrons. The standard InChI is InChI=1S/C35H61NO12/c1-16-14-35(15-43-35)32(40)19(4)27(37)18(3)22(7)46-33(41)21(6)31(47-26-13-25(42-11)28(38)23(8)45-26)20(5)30(16)48-34-29(39)24(36(9)10)12-17(2)44-34/h16-31,34,37-39H,12-15H2,1-11H3/t16?,17?,18?,19?,20?,21?,22?,23?,24?,25?,26-,27?,28+,29?,30?,31+,34?,35+/m1/s1. The monoisotopic (exact) mass is 687 g/mol. The Bertz CT molecular complexity index is 1090. The third-order valence-corrected chi connectivity index (χ3v) is 11.4. The molecule has 0 amide bonds. The predicted octanol–water partition coefficient (Wildman–Crippen LogP) is 1.91. The zero-order valence-electron chi connectivity index (χ0n) is 30.6. The second-order valence-corrected chi connectivity index (χ2v) is 15.3. The van der Waals surface area contributed by atoms with Crippen LogP contribution in [0.1, 0.15) is 74.7 Å². The molecule has 4 fully saturated rings. The maximum Gasteiger partial charge on any atom is 0.311 e. The summed E-state index contributed by atoms with van der Waals surface area (Å²) in [5, 5.41) is 33.3. The Labute approximate surface area is 285 Å². The molecular weight excluding hydrogens is 626 g/mol. The molecule has 4 heterocycles. The van der Waals surface area contributed by atoms with Gasteiger partial charge >= 0.3 is 5.97 Å². The molecule has 13 heteroatoms. The molecule has 0 aromatic rings. The van der Waals surface area contributed by atoms with E-state index in [2.05, 4.69) is 0 Å². The van der Waals surface area contributed by atoms with Gasteiger partial charge in [-0.1, -0.05) is 27.7 Å². The average molecular weight is 688 g/mol. The van der Waals surface area contributed by atoms with Gasteiger partial charge in [0.1, 0.15) is 18.3 Å². The molecule has 0 bridgehead atoms. The van der Waals surface area contributed by atoms with Crippen LogP contribution in [0.4, 0.5) is 0 Å². The van der Waals surface area contributed by atoms with Gasteiger partial charge in [0, 0.05) is 37.3 Å². The molecule has 4 rings (SSSR count). The third-order valence-electron chi connectivity index (χ3n) is 11.4. The zero-order chi connectivity index (χ0) is 35.8. The summed E-state index contributed by atoms with van der Waals surface area (Å²) in [6.07, 6.45) is -7.15. The number of hydrogen-bond acceptors (Lipinski definition) is 13. The number of epoxide rings is 1. The molecule has 0 aliphatic carbocycles. The van der Waals surface area contributed by atoms with Crippen LogP contribution in [-0.2, 0) is 42.7 Å². The van der Waals surface area contributed by atoms with E-state index in [1.807, 2.05) is 39.8 Å². The minimum absolute atomic E-state index is 0.198. The number of rotatable bonds is 6. The summed E-state index contributed by atoms with van der Waals surface area (Å²) >= 11 is 0. The van der Waals surface area contributed by atoms with Crippen LogP contribution in [0, 0.1) is 29.6 Å². The van der Waals surface area contributed by atoms with Gasteiger partial charge in [0.05, 0.1) is 49.1 Å². The van der Waals surface area contributed by atoms with Gasteiger partial charge in [-0.2, -0.15) is 0 Å². The van der Waals surface area contributed by atoms with Gasteiger partial charge in [0.15, 0.2) is 24.0 Å². The fourth-order valence-corrected chi connectivity index (χ4v) is 7.89. The molecule has 0 aromatic carbocycles. The maximum atomic E-state index is 13.9. The molecule has 3 N–H and O–H groups in total. The minimum atomic E-state index is -1.10. The minimum Gasteiger partial charge on any atom is -0.462 e. The van der Waals surface area contributed by atoms with Crippen molar-refractivity contribution in [2.24, 2.45) is 29.6 Å². The summed E-state index contributed by atoms with van der Waals surface area (Å²) < 4.78 is 43.0. The molecule has 0 saturated carbocycles. The van der Waals surface area contributed by atoms with Crippen LogP contribution in [0.15, 0.2) is 0 Å². The highest BCUT2D eigenvalue weighted by molar-refractivity contribution is 5.92. The number of likely N-dealkylation sites (N-methyl/N-ethyl adjacent to an activating group) is 1. The molecular formula is C35H61NO12. The predicted molar refractivity (Wildman–Crippen MR) is 174 cm³/mol. The SMILES string of the molecule is COC1C[C@@H](O[C@@H]2C(C)C(=O)OC(C)C(C)C(O)C(C)C(=O)[C@@]3(CO3)CC(C)C(OC3OC(C)CC(N(C)C)C3O)C2C)OC(C)[C@@H]1O. The molecule has 0 aromatic heterocycles. The second kappa shape index (κ2) is 16.0. The van der Waals surface area contributed by atoms with Crippen molar-refractivity contribution in [3.8, 4) is 0 Å². The van der Waals surface area contributed by atoms with Crippen molar-refractivity contribution < 1.29 is 58.1 Å². The summed E-state index contributed by atoms with van der Waals surface area (Å²) in [4.78, 5) is 29.7. The Morgan fingerprint density at radius 2 is 1.44 bits per heavy atom. The van der Waals surface area contributed by atoms with E-state index in [4.69, 9.17) is 33.2 Å². The van der Waals surface area contributed by atoms with E-state index >= 15 is 0 Å². The highest BCUT2D eigenvalue weighted by atomic mass is 16.7. The second-order valence-electron chi connectivity index (χ2n) is 15.3. The Morgan fingerprint density at radius 1 is 0.792 bits per heavy atom. The van der Waals surface area contributed by atoms with Crippen LogP contribution in [0.2, 0.25) is 0 Å². The van der Waals surface area contributed by atoms with Crippen molar-refractivity contribution in [3.63, 3.8) is 0 Å². The first-order valence-electron chi connectivity index (χ1n) is 17.7. The van der Waals surface area contributed by atoms with Gasteiger partial charge in [-0.05, 0) is 60.5 Å². The van der Waals surface area contributed by atoms with Crippen molar-refractivity contribution in [3.05, 3.63) is 0 Å². The van der Waals surface area contributed by atoms with Gasteiger partial charge < -0.3 is 53.4 Å². The topological polar surface area (TPSA) is 166 Å². The van der Waals surface area contributed by atoms with E-state index in [1.165, 1.54) is 7.11 Å². The lowest BCUT2D eigenvalue weighted by Crippen LogP contribution is -2.57. The number of cyclic esters (lactones) is 1. The van der Waals surface area contributed by atoms with E-state index in [-0.39, 0.29) is 43.3 Å². The van der Waals surface area contributed by atoms with Crippen LogP contribution < -0.4 is 0 Å². The first-order chi connectivity index (χ1) is 22.4. The molecule has 48 heavy (non-hydrogen) atoms. The summed E-state index contributed by atoms with van der Waals surface area (Å²) in [5.74, 6) is -3.74. The van der Waals surface area contributed by atoms with E-state index in [9.17, 15) is 24.9 Å². The maximum absolute atomic E-state index is 13.9. The summed E-state index contributed by atoms with van der Waals surface area (Å²) in [6, 6.07) is -0.219. The third kappa shape index (κ3) is 8.43. The van der Waals surface area contributed by atoms with E-state index in [0.717, 1.165) is 0 Å². The van der Waals surface area contributed by atoms with Crippen LogP contribution in [0.25, 0.3) is 0 Å². The molecule has 4 saturated heterocycles. The smallest absolute Gasteiger partial charge is 0.311 e. The number of methoxy groups -OCH3 is 1. The van der Waals surface area contributed by atoms with Crippen LogP contribution >= 0.6 is 0 Å². The van der Waals surface area contributed by atoms with Crippen LogP contribution in [0.5, 0.6) is 0 Å². The number of carbonyl (C=O) groups excluding carboxylic acids is 2. The van der Waals surface area contributed by atoms with Crippen LogP contribution in [-0.4, -0.2) is 139 Å². The molecule has 13 nitrogen and oxygen atoms in total. The van der Waals surface area contributed by atoms with Crippen molar-refractivity contribution in [2.75, 3.05) is 27.8 Å². The first-order valence-corrected chi connectivity index (χ1v) is 17.7. The van der Waals surface area contributed by atoms with Gasteiger partial charge in [-0.25, -0.2) is 0 Å². The number of aliphatic hydroxyl groups excluding tert-OH is 3. The number of esters is 1. The number of nitrogens with zero attached hydrogens (tertiary/aromatic N) is 1. The van der Waals surface area contributed by atoms with E-state index < -0.39 is 96.7 Å². The average Bonchev–Trinajstić information content (AvgIpc) is 3.82. The Balaban J connectivity index is 1.75. The van der Waals surface area contributed by atoms with Crippen molar-refractivity contribution in [2.45, 2.75) is 154 Å². The lowest BCUT2D eigenvalue weighted by molar-refractivity contribution is -0.299.